The van der Waals surface area contributed by atoms with E-state index in [1.165, 1.54) is 0 Å². The van der Waals surface area contributed by atoms with E-state index < -0.39 is 0 Å². The molecule has 0 bridgehead atoms. The molecule has 5 N–H and O–H groups in total. The molecule has 0 fully saturated rings. The number of benzene rings is 1. The van der Waals surface area contributed by atoms with Crippen LogP contribution in [0.2, 0.25) is 0 Å². The maximum atomic E-state index is 11.8. The van der Waals surface area contributed by atoms with Crippen LogP contribution in [0.4, 0.5) is 0 Å². The van der Waals surface area contributed by atoms with Gasteiger partial charge in [-0.15, -0.1) is 0 Å². The van der Waals surface area contributed by atoms with Crippen molar-refractivity contribution in [2.75, 3.05) is 19.6 Å². The summed E-state index contributed by atoms with van der Waals surface area (Å²) in [5, 5.41) is 2.83. The normalized spacial score (nSPS) is 12.1. The number of nitrogens with two attached hydrogens (primary N) is 2. The minimum atomic E-state index is -0.265. The summed E-state index contributed by atoms with van der Waals surface area (Å²) in [6, 6.07) is 9.57. The van der Waals surface area contributed by atoms with Crippen molar-refractivity contribution >= 4 is 5.91 Å². The molecule has 0 saturated carbocycles. The van der Waals surface area contributed by atoms with Crippen molar-refractivity contribution in [1.82, 2.24) is 5.32 Å². The molecule has 0 aliphatic heterocycles. The van der Waals surface area contributed by atoms with E-state index in [0.29, 0.717) is 19.6 Å². The molecular formula is C12H19N3O. The highest BCUT2D eigenvalue weighted by Crippen LogP contribution is 2.13. The summed E-state index contributed by atoms with van der Waals surface area (Å²) in [5.41, 5.74) is 11.9. The smallest absolute Gasteiger partial charge is 0.228 e. The number of hydrogen-bond donors (Lipinski definition) is 3. The molecule has 1 atom stereocenters. The lowest BCUT2D eigenvalue weighted by atomic mass is 9.98. The fourth-order valence-corrected chi connectivity index (χ4v) is 1.52. The molecule has 1 unspecified atom stereocenters. The van der Waals surface area contributed by atoms with Gasteiger partial charge in [-0.2, -0.15) is 0 Å². The van der Waals surface area contributed by atoms with Gasteiger partial charge in [0.15, 0.2) is 0 Å². The highest BCUT2D eigenvalue weighted by atomic mass is 16.1. The maximum Gasteiger partial charge on any atom is 0.228 e. The fraction of sp³-hybridized carbons (Fsp3) is 0.417. The van der Waals surface area contributed by atoms with Crippen molar-refractivity contribution < 1.29 is 4.79 Å². The van der Waals surface area contributed by atoms with Crippen molar-refractivity contribution in [1.29, 1.82) is 0 Å². The van der Waals surface area contributed by atoms with E-state index in [1.807, 2.05) is 30.3 Å². The third kappa shape index (κ3) is 3.64. The van der Waals surface area contributed by atoms with Crippen LogP contribution in [-0.4, -0.2) is 25.5 Å². The van der Waals surface area contributed by atoms with Crippen LogP contribution in [0.25, 0.3) is 0 Å². The molecule has 4 nitrogen and oxygen atoms in total. The predicted octanol–water partition coefficient (Wildman–Crippen LogP) is 0.194. The highest BCUT2D eigenvalue weighted by molar-refractivity contribution is 5.83. The van der Waals surface area contributed by atoms with E-state index in [4.69, 9.17) is 11.5 Å². The predicted molar refractivity (Wildman–Crippen MR) is 64.9 cm³/mol. The Kier molecular flexibility index (Phi) is 5.53. The number of nitrogens with one attached hydrogen (secondary N) is 1. The number of amides is 1. The van der Waals surface area contributed by atoms with Crippen molar-refractivity contribution in [2.45, 2.75) is 12.3 Å². The molecule has 0 radical (unpaired) electrons. The summed E-state index contributed by atoms with van der Waals surface area (Å²) in [6.07, 6.45) is 0.790. The molecule has 4 heteroatoms. The molecule has 1 aromatic rings. The van der Waals surface area contributed by atoms with Crippen molar-refractivity contribution in [3.05, 3.63) is 35.9 Å². The molecular weight excluding hydrogens is 202 g/mol. The minimum Gasteiger partial charge on any atom is -0.355 e. The van der Waals surface area contributed by atoms with Crippen LogP contribution < -0.4 is 16.8 Å². The Morgan fingerprint density at radius 1 is 1.25 bits per heavy atom. The molecule has 0 spiro atoms. The molecule has 1 aromatic carbocycles. The molecule has 0 saturated heterocycles. The van der Waals surface area contributed by atoms with Gasteiger partial charge in [-0.25, -0.2) is 0 Å². The van der Waals surface area contributed by atoms with E-state index in [1.54, 1.807) is 0 Å². The zero-order valence-electron chi connectivity index (χ0n) is 9.36. The summed E-state index contributed by atoms with van der Waals surface area (Å²) in [5.74, 6) is -0.291. The van der Waals surface area contributed by atoms with Gasteiger partial charge in [-0.1, -0.05) is 30.3 Å². The van der Waals surface area contributed by atoms with E-state index in [-0.39, 0.29) is 11.8 Å². The van der Waals surface area contributed by atoms with Gasteiger partial charge in [0, 0.05) is 13.1 Å². The quantitative estimate of drug-likeness (QED) is 0.600. The van der Waals surface area contributed by atoms with Crippen molar-refractivity contribution in [3.63, 3.8) is 0 Å². The molecule has 0 heterocycles. The summed E-state index contributed by atoms with van der Waals surface area (Å²) in [7, 11) is 0. The van der Waals surface area contributed by atoms with Gasteiger partial charge in [-0.05, 0) is 18.5 Å². The standard InChI is InChI=1S/C12H19N3O/c13-7-4-8-15-12(16)11(9-14)10-5-2-1-3-6-10/h1-3,5-6,11H,4,7-9,13-14H2,(H,15,16). The first-order chi connectivity index (χ1) is 7.79. The van der Waals surface area contributed by atoms with Gasteiger partial charge < -0.3 is 16.8 Å². The average Bonchev–Trinajstić information content (AvgIpc) is 2.32. The fourth-order valence-electron chi connectivity index (χ4n) is 1.52. The van der Waals surface area contributed by atoms with Gasteiger partial charge in [0.05, 0.1) is 5.92 Å². The molecule has 88 valence electrons. The highest BCUT2D eigenvalue weighted by Gasteiger charge is 2.17. The van der Waals surface area contributed by atoms with Crippen LogP contribution in [0, 0.1) is 0 Å². The molecule has 0 aromatic heterocycles. The molecule has 0 aliphatic rings. The van der Waals surface area contributed by atoms with E-state index in [0.717, 1.165) is 12.0 Å². The van der Waals surface area contributed by atoms with Crippen LogP contribution >= 0.6 is 0 Å². The Morgan fingerprint density at radius 3 is 2.50 bits per heavy atom. The first kappa shape index (κ1) is 12.7. The van der Waals surface area contributed by atoms with Crippen LogP contribution in [0.1, 0.15) is 17.9 Å². The molecule has 16 heavy (non-hydrogen) atoms. The summed E-state index contributed by atoms with van der Waals surface area (Å²) in [4.78, 5) is 11.8. The minimum absolute atomic E-state index is 0.0258. The van der Waals surface area contributed by atoms with Crippen LogP contribution in [-0.2, 0) is 4.79 Å². The van der Waals surface area contributed by atoms with Gasteiger partial charge in [0.1, 0.15) is 0 Å². The number of rotatable bonds is 6. The van der Waals surface area contributed by atoms with Crippen molar-refractivity contribution in [2.24, 2.45) is 11.5 Å². The third-order valence-corrected chi connectivity index (χ3v) is 2.43. The Morgan fingerprint density at radius 2 is 1.94 bits per heavy atom. The largest absolute Gasteiger partial charge is 0.355 e. The lowest BCUT2D eigenvalue weighted by molar-refractivity contribution is -0.122. The Bertz CT molecular complexity index is 313. The lowest BCUT2D eigenvalue weighted by Crippen LogP contribution is -2.34. The zero-order valence-corrected chi connectivity index (χ0v) is 9.36. The van der Waals surface area contributed by atoms with Crippen LogP contribution in [0.5, 0.6) is 0 Å². The van der Waals surface area contributed by atoms with Crippen LogP contribution in [0.15, 0.2) is 30.3 Å². The summed E-state index contributed by atoms with van der Waals surface area (Å²) < 4.78 is 0. The second kappa shape index (κ2) is 6.98. The molecule has 1 amide bonds. The first-order valence-electron chi connectivity index (χ1n) is 5.52. The lowest BCUT2D eigenvalue weighted by Gasteiger charge is -2.14. The Balaban J connectivity index is 2.57. The van der Waals surface area contributed by atoms with Crippen LogP contribution in [0.3, 0.4) is 0 Å². The summed E-state index contributed by atoms with van der Waals surface area (Å²) in [6.45, 7) is 1.51. The zero-order chi connectivity index (χ0) is 11.8. The second-order valence-corrected chi connectivity index (χ2v) is 3.63. The van der Waals surface area contributed by atoms with Crippen molar-refractivity contribution in [3.8, 4) is 0 Å². The maximum absolute atomic E-state index is 11.8. The van der Waals surface area contributed by atoms with Gasteiger partial charge in [-0.3, -0.25) is 4.79 Å². The SMILES string of the molecule is NCCCNC(=O)C(CN)c1ccccc1. The summed E-state index contributed by atoms with van der Waals surface area (Å²) >= 11 is 0. The van der Waals surface area contributed by atoms with E-state index in [2.05, 4.69) is 5.32 Å². The number of carbonyl (C=O) groups excluding carboxylic acids is 1. The Hall–Kier alpha value is -1.39. The van der Waals surface area contributed by atoms with Gasteiger partial charge in [0.2, 0.25) is 5.91 Å². The number of carbonyl (C=O) groups is 1. The van der Waals surface area contributed by atoms with Gasteiger partial charge >= 0.3 is 0 Å². The first-order valence-corrected chi connectivity index (χ1v) is 5.52. The van der Waals surface area contributed by atoms with Gasteiger partial charge in [0.25, 0.3) is 0 Å². The molecule has 0 aliphatic carbocycles. The van der Waals surface area contributed by atoms with E-state index >= 15 is 0 Å². The topological polar surface area (TPSA) is 81.1 Å². The molecule has 1 rings (SSSR count). The monoisotopic (exact) mass is 221 g/mol. The second-order valence-electron chi connectivity index (χ2n) is 3.63. The third-order valence-electron chi connectivity index (χ3n) is 2.43. The number of hydrogen-bond acceptors (Lipinski definition) is 3. The average molecular weight is 221 g/mol. The van der Waals surface area contributed by atoms with E-state index in [9.17, 15) is 4.79 Å². The Labute approximate surface area is 96.0 Å².